The van der Waals surface area contributed by atoms with Crippen molar-refractivity contribution in [2.45, 2.75) is 0 Å². The average molecular weight is 182 g/mol. The van der Waals surface area contributed by atoms with Crippen LogP contribution in [0.4, 0.5) is 9.18 Å². The number of carbonyl (C=O) groups excluding carboxylic acids is 1. The van der Waals surface area contributed by atoms with Crippen molar-refractivity contribution in [2.75, 3.05) is 14.1 Å². The Kier molecular flexibility index (Phi) is 2.84. The van der Waals surface area contributed by atoms with E-state index in [9.17, 15) is 9.18 Å². The van der Waals surface area contributed by atoms with Crippen LogP contribution >= 0.6 is 0 Å². The smallest absolute Gasteiger partial charge is 0.407 e. The topological polar surface area (TPSA) is 29.5 Å². The van der Waals surface area contributed by atoms with Gasteiger partial charge in [0.1, 0.15) is 0 Å². The summed E-state index contributed by atoms with van der Waals surface area (Å²) in [7, 11) is 3.05. The first-order valence-electron chi connectivity index (χ1n) is 3.66. The third-order valence-corrected chi connectivity index (χ3v) is 1.34. The lowest BCUT2D eigenvalue weighted by atomic mass is 10.3. The van der Waals surface area contributed by atoms with Gasteiger partial charge >= 0.3 is 6.09 Å². The van der Waals surface area contributed by atoms with Gasteiger partial charge in [0.05, 0.1) is 0 Å². The van der Waals surface area contributed by atoms with Crippen molar-refractivity contribution in [1.82, 2.24) is 4.90 Å². The third-order valence-electron chi connectivity index (χ3n) is 1.34. The van der Waals surface area contributed by atoms with Crippen LogP contribution < -0.4 is 4.74 Å². The quantitative estimate of drug-likeness (QED) is 0.661. The number of hydrogen-bond donors (Lipinski definition) is 0. The van der Waals surface area contributed by atoms with Gasteiger partial charge in [0, 0.05) is 14.1 Å². The second kappa shape index (κ2) is 3.89. The molecule has 0 N–H and O–H groups in total. The molecule has 1 radical (unpaired) electrons. The van der Waals surface area contributed by atoms with Gasteiger partial charge in [-0.05, 0) is 18.2 Å². The van der Waals surface area contributed by atoms with E-state index in [1.807, 2.05) is 0 Å². The number of hydrogen-bond acceptors (Lipinski definition) is 2. The Balaban J connectivity index is 2.75. The molecule has 0 unspecified atom stereocenters. The molecular formula is C9H9FNO2. The van der Waals surface area contributed by atoms with Crippen LogP contribution in [0.15, 0.2) is 18.2 Å². The molecule has 0 fully saturated rings. The molecular weight excluding hydrogens is 173 g/mol. The first kappa shape index (κ1) is 9.51. The zero-order valence-electron chi connectivity index (χ0n) is 7.37. The molecule has 1 amide bonds. The van der Waals surface area contributed by atoms with Crippen LogP contribution in [0.1, 0.15) is 0 Å². The van der Waals surface area contributed by atoms with E-state index >= 15 is 0 Å². The Morgan fingerprint density at radius 2 is 2.31 bits per heavy atom. The first-order chi connectivity index (χ1) is 6.11. The summed E-state index contributed by atoms with van der Waals surface area (Å²) in [4.78, 5) is 12.2. The largest absolute Gasteiger partial charge is 0.414 e. The van der Waals surface area contributed by atoms with Crippen LogP contribution in [-0.4, -0.2) is 25.1 Å². The fourth-order valence-electron chi connectivity index (χ4n) is 0.664. The highest BCUT2D eigenvalue weighted by atomic mass is 19.1. The van der Waals surface area contributed by atoms with Crippen LogP contribution in [0, 0.1) is 11.9 Å². The van der Waals surface area contributed by atoms with Gasteiger partial charge in [0.25, 0.3) is 0 Å². The SMILES string of the molecule is CN(C)C(=O)Oc1cc[c]cc1F. The lowest BCUT2D eigenvalue weighted by molar-refractivity contribution is 0.170. The van der Waals surface area contributed by atoms with E-state index in [-0.39, 0.29) is 5.75 Å². The van der Waals surface area contributed by atoms with Crippen molar-refractivity contribution in [3.63, 3.8) is 0 Å². The maximum Gasteiger partial charge on any atom is 0.414 e. The fourth-order valence-corrected chi connectivity index (χ4v) is 0.664. The van der Waals surface area contributed by atoms with Gasteiger partial charge in [-0.15, -0.1) is 0 Å². The molecule has 0 saturated carbocycles. The summed E-state index contributed by atoms with van der Waals surface area (Å²) in [5.74, 6) is -0.685. The Hall–Kier alpha value is -1.58. The van der Waals surface area contributed by atoms with E-state index in [1.54, 1.807) is 0 Å². The zero-order chi connectivity index (χ0) is 9.84. The number of halogens is 1. The molecule has 69 valence electrons. The second-order valence-electron chi connectivity index (χ2n) is 2.62. The first-order valence-corrected chi connectivity index (χ1v) is 3.66. The number of benzene rings is 1. The molecule has 0 heterocycles. The number of rotatable bonds is 1. The second-order valence-corrected chi connectivity index (χ2v) is 2.62. The monoisotopic (exact) mass is 182 g/mol. The van der Waals surface area contributed by atoms with Gasteiger partial charge in [-0.2, -0.15) is 0 Å². The molecule has 0 aromatic heterocycles. The van der Waals surface area contributed by atoms with Crippen LogP contribution in [0.5, 0.6) is 5.75 Å². The van der Waals surface area contributed by atoms with E-state index in [0.717, 1.165) is 6.07 Å². The summed E-state index contributed by atoms with van der Waals surface area (Å²) >= 11 is 0. The van der Waals surface area contributed by atoms with Crippen LogP contribution in [0.25, 0.3) is 0 Å². The number of carbonyl (C=O) groups is 1. The molecule has 4 heteroatoms. The number of ether oxygens (including phenoxy) is 1. The molecule has 0 saturated heterocycles. The van der Waals surface area contributed by atoms with Gasteiger partial charge in [-0.3, -0.25) is 0 Å². The van der Waals surface area contributed by atoms with Crippen molar-refractivity contribution < 1.29 is 13.9 Å². The summed E-state index contributed by atoms with van der Waals surface area (Å²) in [6, 6.07) is 6.45. The van der Waals surface area contributed by atoms with Crippen LogP contribution in [0.3, 0.4) is 0 Å². The Labute approximate surface area is 75.7 Å². The highest BCUT2D eigenvalue weighted by molar-refractivity contribution is 5.69. The van der Waals surface area contributed by atoms with Crippen LogP contribution in [-0.2, 0) is 0 Å². The minimum absolute atomic E-state index is 0.0857. The van der Waals surface area contributed by atoms with E-state index in [0.29, 0.717) is 0 Å². The molecule has 0 bridgehead atoms. The van der Waals surface area contributed by atoms with Crippen molar-refractivity contribution in [2.24, 2.45) is 0 Å². The van der Waals surface area contributed by atoms with Crippen molar-refractivity contribution >= 4 is 6.09 Å². The molecule has 1 rings (SSSR count). The minimum atomic E-state index is -0.606. The summed E-state index contributed by atoms with van der Waals surface area (Å²) in [6.07, 6.45) is -0.606. The highest BCUT2D eigenvalue weighted by Gasteiger charge is 2.09. The summed E-state index contributed by atoms with van der Waals surface area (Å²) in [5, 5.41) is 0. The Morgan fingerprint density at radius 1 is 1.62 bits per heavy atom. The predicted octanol–water partition coefficient (Wildman–Crippen LogP) is 1.69. The normalized spacial score (nSPS) is 9.46. The zero-order valence-corrected chi connectivity index (χ0v) is 7.37. The Bertz CT molecular complexity index is 312. The molecule has 3 nitrogen and oxygen atoms in total. The molecule has 0 aliphatic heterocycles. The van der Waals surface area contributed by atoms with E-state index in [1.165, 1.54) is 31.1 Å². The predicted molar refractivity (Wildman–Crippen MR) is 44.9 cm³/mol. The van der Waals surface area contributed by atoms with E-state index in [2.05, 4.69) is 6.07 Å². The van der Waals surface area contributed by atoms with E-state index in [4.69, 9.17) is 4.74 Å². The summed E-state index contributed by atoms with van der Waals surface area (Å²) in [6.45, 7) is 0. The third kappa shape index (κ3) is 2.43. The van der Waals surface area contributed by atoms with E-state index < -0.39 is 11.9 Å². The van der Waals surface area contributed by atoms with Gasteiger partial charge in [-0.25, -0.2) is 9.18 Å². The van der Waals surface area contributed by atoms with Crippen molar-refractivity contribution in [3.8, 4) is 5.75 Å². The molecule has 1 aromatic rings. The minimum Gasteiger partial charge on any atom is -0.407 e. The van der Waals surface area contributed by atoms with Gasteiger partial charge in [-0.1, -0.05) is 6.07 Å². The van der Waals surface area contributed by atoms with Crippen molar-refractivity contribution in [3.05, 3.63) is 30.1 Å². The maximum atomic E-state index is 12.9. The lowest BCUT2D eigenvalue weighted by Gasteiger charge is -2.10. The van der Waals surface area contributed by atoms with Crippen LogP contribution in [0.2, 0.25) is 0 Å². The maximum absolute atomic E-state index is 12.9. The molecule has 0 spiro atoms. The summed E-state index contributed by atoms with van der Waals surface area (Å²) in [5.41, 5.74) is 0. The molecule has 1 aromatic carbocycles. The average Bonchev–Trinajstić information content (AvgIpc) is 2.08. The summed E-state index contributed by atoms with van der Waals surface area (Å²) < 4.78 is 17.6. The number of amides is 1. The molecule has 0 atom stereocenters. The van der Waals surface area contributed by atoms with Gasteiger partial charge in [0.15, 0.2) is 11.6 Å². The standard InChI is InChI=1S/C9H9FNO2/c1-11(2)9(12)13-8-6-4-3-5-7(8)10/h4-6H,1-2H3. The molecule has 13 heavy (non-hydrogen) atoms. The van der Waals surface area contributed by atoms with Gasteiger partial charge < -0.3 is 9.64 Å². The molecule has 0 aliphatic rings. The highest BCUT2D eigenvalue weighted by Crippen LogP contribution is 2.15. The molecule has 0 aliphatic carbocycles. The Morgan fingerprint density at radius 3 is 2.85 bits per heavy atom. The fraction of sp³-hybridized carbons (Fsp3) is 0.222. The lowest BCUT2D eigenvalue weighted by Crippen LogP contribution is -2.25. The number of nitrogens with zero attached hydrogens (tertiary/aromatic N) is 1. The van der Waals surface area contributed by atoms with Crippen molar-refractivity contribution in [1.29, 1.82) is 0 Å². The van der Waals surface area contributed by atoms with Gasteiger partial charge in [0.2, 0.25) is 0 Å².